The van der Waals surface area contributed by atoms with Gasteiger partial charge in [-0.1, -0.05) is 17.7 Å². The topological polar surface area (TPSA) is 59.2 Å². The fourth-order valence-corrected chi connectivity index (χ4v) is 3.61. The Morgan fingerprint density at radius 1 is 1.41 bits per heavy atom. The van der Waals surface area contributed by atoms with Gasteiger partial charge in [-0.3, -0.25) is 4.79 Å². The molecule has 0 spiro atoms. The first kappa shape index (κ1) is 15.6. The largest absolute Gasteiger partial charge is 0.397 e. The second kappa shape index (κ2) is 6.04. The van der Waals surface area contributed by atoms with Crippen LogP contribution in [0.3, 0.4) is 0 Å². The number of anilines is 1. The number of fused-ring (bicyclic) bond motifs is 1. The van der Waals surface area contributed by atoms with E-state index in [0.717, 1.165) is 20.4 Å². The number of pyridine rings is 1. The fourth-order valence-electron chi connectivity index (χ4n) is 2.66. The van der Waals surface area contributed by atoms with Gasteiger partial charge in [0, 0.05) is 28.8 Å². The number of hydrogen-bond donors (Lipinski definition) is 1. The van der Waals surface area contributed by atoms with Crippen LogP contribution in [0.5, 0.6) is 0 Å². The lowest BCUT2D eigenvalue weighted by Gasteiger charge is -2.29. The molecule has 0 bridgehead atoms. The first-order valence-electron chi connectivity index (χ1n) is 6.95. The summed E-state index contributed by atoms with van der Waals surface area (Å²) < 4.78 is 0.909. The highest BCUT2D eigenvalue weighted by atomic mass is 127. The highest BCUT2D eigenvalue weighted by Gasteiger charge is 2.24. The Labute approximate surface area is 147 Å². The molecule has 0 saturated heterocycles. The van der Waals surface area contributed by atoms with Gasteiger partial charge in [0.1, 0.15) is 5.15 Å². The van der Waals surface area contributed by atoms with E-state index >= 15 is 0 Å². The Balaban J connectivity index is 1.90. The number of hydrogen-bond acceptors (Lipinski definition) is 3. The molecule has 0 unspecified atom stereocenters. The maximum atomic E-state index is 12.8. The lowest BCUT2D eigenvalue weighted by Crippen LogP contribution is -2.36. The number of nitrogens with zero attached hydrogens (tertiary/aromatic N) is 2. The van der Waals surface area contributed by atoms with Crippen LogP contribution in [0.15, 0.2) is 24.3 Å². The van der Waals surface area contributed by atoms with Crippen LogP contribution in [0, 0.1) is 10.5 Å². The van der Waals surface area contributed by atoms with Crippen LogP contribution < -0.4 is 5.73 Å². The second-order valence-electron chi connectivity index (χ2n) is 5.42. The molecule has 22 heavy (non-hydrogen) atoms. The highest BCUT2D eigenvalue weighted by Crippen LogP contribution is 2.26. The quantitative estimate of drug-likeness (QED) is 0.431. The number of rotatable bonds is 1. The third-order valence-corrected chi connectivity index (χ3v) is 4.91. The molecule has 1 aromatic heterocycles. The summed E-state index contributed by atoms with van der Waals surface area (Å²) in [7, 11) is 0. The molecule has 3 rings (SSSR count). The maximum absolute atomic E-state index is 12.8. The predicted octanol–water partition coefficient (Wildman–Crippen LogP) is 3.43. The number of carbonyl (C=O) groups is 1. The van der Waals surface area contributed by atoms with E-state index in [0.29, 0.717) is 35.9 Å². The molecule has 2 N–H and O–H groups in total. The van der Waals surface area contributed by atoms with Gasteiger partial charge in [-0.2, -0.15) is 0 Å². The molecule has 1 aliphatic heterocycles. The summed E-state index contributed by atoms with van der Waals surface area (Å²) in [6.07, 6.45) is 0.713. The number of aryl methyl sites for hydroxylation is 1. The normalized spacial score (nSPS) is 13.9. The number of nitrogens with two attached hydrogens (primary N) is 1. The van der Waals surface area contributed by atoms with E-state index in [4.69, 9.17) is 17.3 Å². The van der Waals surface area contributed by atoms with Gasteiger partial charge in [-0.05, 0) is 58.8 Å². The van der Waals surface area contributed by atoms with E-state index in [1.807, 2.05) is 30.0 Å². The summed E-state index contributed by atoms with van der Waals surface area (Å²) in [5.74, 6) is -0.0280. The van der Waals surface area contributed by atoms with Gasteiger partial charge < -0.3 is 10.6 Å². The minimum absolute atomic E-state index is 0.0280. The molecule has 1 aliphatic rings. The Kier molecular flexibility index (Phi) is 4.27. The molecule has 4 nitrogen and oxygen atoms in total. The van der Waals surface area contributed by atoms with E-state index in [9.17, 15) is 4.79 Å². The molecular weight excluding hydrogens is 413 g/mol. The average Bonchev–Trinajstić information content (AvgIpc) is 2.49. The van der Waals surface area contributed by atoms with Gasteiger partial charge in [-0.15, -0.1) is 0 Å². The number of aromatic nitrogens is 1. The second-order valence-corrected chi connectivity index (χ2v) is 6.97. The van der Waals surface area contributed by atoms with E-state index in [-0.39, 0.29) is 5.91 Å². The van der Waals surface area contributed by atoms with Gasteiger partial charge >= 0.3 is 0 Å². The van der Waals surface area contributed by atoms with Gasteiger partial charge in [0.2, 0.25) is 0 Å². The van der Waals surface area contributed by atoms with Gasteiger partial charge in [0.25, 0.3) is 5.91 Å². The average molecular weight is 428 g/mol. The van der Waals surface area contributed by atoms with Crippen molar-refractivity contribution in [3.8, 4) is 0 Å². The number of halogens is 2. The molecule has 0 radical (unpaired) electrons. The number of carbonyl (C=O) groups excluding carboxylic acids is 1. The van der Waals surface area contributed by atoms with Crippen molar-refractivity contribution in [1.29, 1.82) is 0 Å². The predicted molar refractivity (Wildman–Crippen MR) is 96.0 cm³/mol. The summed E-state index contributed by atoms with van der Waals surface area (Å²) >= 11 is 8.08. The minimum Gasteiger partial charge on any atom is -0.397 e. The zero-order valence-electron chi connectivity index (χ0n) is 12.1. The molecule has 0 atom stereocenters. The zero-order chi connectivity index (χ0) is 15.9. The van der Waals surface area contributed by atoms with E-state index < -0.39 is 0 Å². The van der Waals surface area contributed by atoms with Gasteiger partial charge in [0.15, 0.2) is 0 Å². The number of amides is 1. The van der Waals surface area contributed by atoms with Crippen molar-refractivity contribution < 1.29 is 4.79 Å². The number of benzene rings is 1. The maximum Gasteiger partial charge on any atom is 0.256 e. The van der Waals surface area contributed by atoms with Crippen molar-refractivity contribution in [2.24, 2.45) is 0 Å². The van der Waals surface area contributed by atoms with Crippen LogP contribution in [0.2, 0.25) is 5.15 Å². The van der Waals surface area contributed by atoms with Crippen LogP contribution in [0.4, 0.5) is 5.69 Å². The van der Waals surface area contributed by atoms with Crippen LogP contribution in [-0.2, 0) is 13.0 Å². The van der Waals surface area contributed by atoms with Crippen LogP contribution in [0.1, 0.15) is 27.2 Å². The summed E-state index contributed by atoms with van der Waals surface area (Å²) in [5.41, 5.74) is 10.3. The summed E-state index contributed by atoms with van der Waals surface area (Å²) in [6.45, 7) is 3.14. The molecule has 114 valence electrons. The minimum atomic E-state index is -0.0280. The molecule has 0 saturated carbocycles. The molecule has 2 heterocycles. The third-order valence-electron chi connectivity index (χ3n) is 3.81. The molecule has 0 aliphatic carbocycles. The van der Waals surface area contributed by atoms with Crippen molar-refractivity contribution in [1.82, 2.24) is 9.88 Å². The third kappa shape index (κ3) is 2.92. The van der Waals surface area contributed by atoms with Crippen molar-refractivity contribution in [2.45, 2.75) is 19.9 Å². The molecule has 1 aromatic carbocycles. The van der Waals surface area contributed by atoms with Gasteiger partial charge in [0.05, 0.1) is 11.3 Å². The molecule has 1 amide bonds. The lowest BCUT2D eigenvalue weighted by molar-refractivity contribution is 0.0734. The fraction of sp³-hybridized carbons (Fsp3) is 0.250. The van der Waals surface area contributed by atoms with Crippen molar-refractivity contribution in [3.63, 3.8) is 0 Å². The van der Waals surface area contributed by atoms with E-state index in [2.05, 4.69) is 27.6 Å². The molecule has 0 fully saturated rings. The Morgan fingerprint density at radius 3 is 2.95 bits per heavy atom. The Bertz CT molecular complexity index is 763. The van der Waals surface area contributed by atoms with Crippen molar-refractivity contribution in [3.05, 3.63) is 55.4 Å². The van der Waals surface area contributed by atoms with Crippen LogP contribution in [-0.4, -0.2) is 22.3 Å². The number of nitrogen functional groups attached to an aromatic ring is 1. The SMILES string of the molecule is Cc1cc(I)c(N)c(C(=O)N2CCc3nc(Cl)ccc3C2)c1. The molecule has 6 heteroatoms. The Hall–Kier alpha value is -1.34. The molecule has 2 aromatic rings. The summed E-state index contributed by atoms with van der Waals surface area (Å²) in [6, 6.07) is 7.53. The van der Waals surface area contributed by atoms with Crippen molar-refractivity contribution in [2.75, 3.05) is 12.3 Å². The van der Waals surface area contributed by atoms with Gasteiger partial charge in [-0.25, -0.2) is 4.98 Å². The standard InChI is InChI=1S/C16H15ClIN3O/c1-9-6-11(15(19)12(18)7-9)16(22)21-5-4-13-10(8-21)2-3-14(17)20-13/h2-3,6-7H,4-5,8,19H2,1H3. The monoisotopic (exact) mass is 427 g/mol. The first-order valence-corrected chi connectivity index (χ1v) is 8.40. The lowest BCUT2D eigenvalue weighted by atomic mass is 10.0. The van der Waals surface area contributed by atoms with Crippen LogP contribution >= 0.6 is 34.2 Å². The van der Waals surface area contributed by atoms with E-state index in [1.54, 1.807) is 6.07 Å². The smallest absolute Gasteiger partial charge is 0.256 e. The summed E-state index contributed by atoms with van der Waals surface area (Å²) in [5, 5.41) is 0.496. The zero-order valence-corrected chi connectivity index (χ0v) is 15.0. The first-order chi connectivity index (χ1) is 10.5. The summed E-state index contributed by atoms with van der Waals surface area (Å²) in [4.78, 5) is 18.9. The van der Waals surface area contributed by atoms with E-state index in [1.165, 1.54) is 0 Å². The molecular formula is C16H15ClIN3O. The Morgan fingerprint density at radius 2 is 2.18 bits per heavy atom. The van der Waals surface area contributed by atoms with Crippen molar-refractivity contribution >= 4 is 45.8 Å². The van der Waals surface area contributed by atoms with Crippen LogP contribution in [0.25, 0.3) is 0 Å². The highest BCUT2D eigenvalue weighted by molar-refractivity contribution is 14.1.